The molecular weight excluding hydrogens is 909 g/mol. The Hall–Kier alpha value is -4.48. The molecule has 0 N–H and O–H groups in total. The van der Waals surface area contributed by atoms with E-state index < -0.39 is 6.10 Å². The Morgan fingerprint density at radius 1 is 0.311 bits per heavy atom. The molecule has 0 heterocycles. The minimum Gasteiger partial charge on any atom is -0.462 e. The van der Waals surface area contributed by atoms with E-state index in [-0.39, 0.29) is 25.2 Å². The van der Waals surface area contributed by atoms with Gasteiger partial charge in [-0.25, -0.2) is 0 Å². The first-order valence-electron chi connectivity index (χ1n) is 30.0. The number of allylic oxidation sites excluding steroid dienone is 26. The van der Waals surface area contributed by atoms with Crippen molar-refractivity contribution in [2.24, 2.45) is 0 Å². The fraction of sp³-hybridized carbons (Fsp3) is 0.594. The molecule has 0 bridgehead atoms. The van der Waals surface area contributed by atoms with Gasteiger partial charge in [0.2, 0.25) is 0 Å². The van der Waals surface area contributed by atoms with Crippen molar-refractivity contribution in [2.75, 3.05) is 19.8 Å². The highest BCUT2D eigenvalue weighted by molar-refractivity contribution is 5.70. The van der Waals surface area contributed by atoms with Crippen LogP contribution in [0.2, 0.25) is 0 Å². The standard InChI is InChI=1S/C69H110O5/c1-4-7-10-13-16-19-22-25-28-31-34-37-40-43-46-49-52-55-58-61-64-72-65-67(74-69(71)63-60-57-54-51-48-45-42-39-36-33-30-27-24-21-18-15-12-9-6-3)66-73-68(70)62-59-56-53-50-47-44-41-38-35-32-29-26-23-20-17-14-11-8-5-2/h7-8,10-11,16-21,25-30,34-39,43-44,46-47,67H,4-6,9,12-15,22-24,31-33,40-42,45,48-66H2,1-3H3/b10-7-,11-8-,19-16-,20-17-,21-18-,28-25-,29-26-,30-27-,37-34-,38-35-,39-36-,46-43-,47-44-. The molecule has 5 heteroatoms. The molecule has 0 aliphatic carbocycles. The van der Waals surface area contributed by atoms with Gasteiger partial charge in [-0.15, -0.1) is 0 Å². The summed E-state index contributed by atoms with van der Waals surface area (Å²) in [5.74, 6) is -0.473. The molecule has 5 nitrogen and oxygen atoms in total. The van der Waals surface area contributed by atoms with Crippen LogP contribution in [0.3, 0.4) is 0 Å². The van der Waals surface area contributed by atoms with E-state index in [1.165, 1.54) is 44.9 Å². The van der Waals surface area contributed by atoms with Crippen LogP contribution in [-0.2, 0) is 23.8 Å². The summed E-state index contributed by atoms with van der Waals surface area (Å²) in [5.41, 5.74) is 0. The topological polar surface area (TPSA) is 61.8 Å². The molecule has 1 unspecified atom stereocenters. The normalized spacial score (nSPS) is 13.4. The quantitative estimate of drug-likeness (QED) is 0.0345. The lowest BCUT2D eigenvalue weighted by atomic mass is 10.1. The maximum atomic E-state index is 12.9. The Kier molecular flexibility index (Phi) is 59.0. The summed E-state index contributed by atoms with van der Waals surface area (Å²) in [7, 11) is 0. The van der Waals surface area contributed by atoms with Crippen LogP contribution in [0.5, 0.6) is 0 Å². The summed E-state index contributed by atoms with van der Waals surface area (Å²) in [6, 6.07) is 0. The van der Waals surface area contributed by atoms with Crippen molar-refractivity contribution in [3.8, 4) is 0 Å². The minimum atomic E-state index is -0.585. The third kappa shape index (κ3) is 60.1. The number of carbonyl (C=O) groups excluding carboxylic acids is 2. The van der Waals surface area contributed by atoms with Gasteiger partial charge in [0.25, 0.3) is 0 Å². The highest BCUT2D eigenvalue weighted by atomic mass is 16.6. The van der Waals surface area contributed by atoms with E-state index in [0.717, 1.165) is 161 Å². The maximum Gasteiger partial charge on any atom is 0.306 e. The van der Waals surface area contributed by atoms with Crippen molar-refractivity contribution < 1.29 is 23.8 Å². The zero-order valence-electron chi connectivity index (χ0n) is 47.8. The van der Waals surface area contributed by atoms with E-state index >= 15 is 0 Å². The molecule has 74 heavy (non-hydrogen) atoms. The zero-order valence-corrected chi connectivity index (χ0v) is 47.8. The maximum absolute atomic E-state index is 12.9. The first-order valence-corrected chi connectivity index (χ1v) is 30.0. The smallest absolute Gasteiger partial charge is 0.306 e. The predicted octanol–water partition coefficient (Wildman–Crippen LogP) is 21.0. The highest BCUT2D eigenvalue weighted by Crippen LogP contribution is 2.13. The van der Waals surface area contributed by atoms with Crippen LogP contribution in [0.15, 0.2) is 158 Å². The van der Waals surface area contributed by atoms with Gasteiger partial charge in [-0.1, -0.05) is 237 Å². The predicted molar refractivity (Wildman–Crippen MR) is 324 cm³/mol. The summed E-state index contributed by atoms with van der Waals surface area (Å²) < 4.78 is 17.4. The SMILES string of the molecule is CC/C=C\C/C=C\C/C=C\C/C=C\C/C=C\CCCCCCOCC(COC(=O)CCCCC/C=C\C/C=C\C/C=C\C/C=C\C/C=C\CC)OC(=O)CCCCCCCC/C=C\C/C=C\C/C=C\CCCCC. The van der Waals surface area contributed by atoms with Gasteiger partial charge in [0.15, 0.2) is 6.10 Å². The highest BCUT2D eigenvalue weighted by Gasteiger charge is 2.17. The second-order valence-electron chi connectivity index (χ2n) is 19.1. The fourth-order valence-corrected chi connectivity index (χ4v) is 7.63. The lowest BCUT2D eigenvalue weighted by molar-refractivity contribution is -0.163. The van der Waals surface area contributed by atoms with Crippen molar-refractivity contribution in [2.45, 2.75) is 245 Å². The van der Waals surface area contributed by atoms with Crippen LogP contribution in [0.4, 0.5) is 0 Å². The Morgan fingerprint density at radius 3 is 0.986 bits per heavy atom. The van der Waals surface area contributed by atoms with Crippen molar-refractivity contribution in [1.29, 1.82) is 0 Å². The summed E-state index contributed by atoms with van der Waals surface area (Å²) >= 11 is 0. The molecule has 0 aromatic heterocycles. The number of ether oxygens (including phenoxy) is 3. The van der Waals surface area contributed by atoms with Crippen molar-refractivity contribution in [3.63, 3.8) is 0 Å². The second kappa shape index (κ2) is 62.8. The van der Waals surface area contributed by atoms with Crippen LogP contribution in [0.1, 0.15) is 239 Å². The van der Waals surface area contributed by atoms with E-state index in [0.29, 0.717) is 19.4 Å². The molecule has 416 valence electrons. The van der Waals surface area contributed by atoms with Gasteiger partial charge in [-0.2, -0.15) is 0 Å². The Morgan fingerprint density at radius 2 is 0.608 bits per heavy atom. The third-order valence-electron chi connectivity index (χ3n) is 12.0. The van der Waals surface area contributed by atoms with Gasteiger partial charge in [0.1, 0.15) is 6.61 Å². The van der Waals surface area contributed by atoms with E-state index in [4.69, 9.17) is 14.2 Å². The Balaban J connectivity index is 4.47. The molecule has 0 aliphatic rings. The van der Waals surface area contributed by atoms with E-state index in [1.807, 2.05) is 0 Å². The first kappa shape index (κ1) is 69.5. The molecule has 0 aromatic carbocycles. The zero-order chi connectivity index (χ0) is 53.4. The average molecular weight is 1020 g/mol. The lowest BCUT2D eigenvalue weighted by Gasteiger charge is -2.18. The van der Waals surface area contributed by atoms with Gasteiger partial charge in [0.05, 0.1) is 6.61 Å². The monoisotopic (exact) mass is 1020 g/mol. The largest absolute Gasteiger partial charge is 0.462 e. The van der Waals surface area contributed by atoms with E-state index in [9.17, 15) is 9.59 Å². The van der Waals surface area contributed by atoms with Crippen molar-refractivity contribution >= 4 is 11.9 Å². The number of rotatable bonds is 53. The van der Waals surface area contributed by atoms with Crippen LogP contribution in [0, 0.1) is 0 Å². The van der Waals surface area contributed by atoms with Gasteiger partial charge in [0, 0.05) is 19.4 Å². The molecule has 0 saturated carbocycles. The molecule has 0 aromatic rings. The molecule has 0 saturated heterocycles. The Bertz CT molecular complexity index is 1620. The van der Waals surface area contributed by atoms with Crippen LogP contribution in [-0.4, -0.2) is 37.9 Å². The minimum absolute atomic E-state index is 0.0408. The molecule has 0 aliphatic heterocycles. The first-order chi connectivity index (χ1) is 36.6. The van der Waals surface area contributed by atoms with Crippen LogP contribution >= 0.6 is 0 Å². The summed E-state index contributed by atoms with van der Waals surface area (Å²) in [5, 5.41) is 0. The molecule has 1 atom stereocenters. The molecule has 0 spiro atoms. The molecule has 0 radical (unpaired) electrons. The van der Waals surface area contributed by atoms with E-state index in [1.54, 1.807) is 0 Å². The lowest BCUT2D eigenvalue weighted by Crippen LogP contribution is -2.30. The number of carbonyl (C=O) groups is 2. The summed E-state index contributed by atoms with van der Waals surface area (Å²) in [6.07, 6.45) is 92.6. The van der Waals surface area contributed by atoms with Crippen molar-refractivity contribution in [1.82, 2.24) is 0 Å². The third-order valence-corrected chi connectivity index (χ3v) is 12.0. The molecule has 0 rings (SSSR count). The number of esters is 2. The summed E-state index contributed by atoms with van der Waals surface area (Å²) in [6.45, 7) is 7.45. The van der Waals surface area contributed by atoms with Crippen LogP contribution in [0.25, 0.3) is 0 Å². The number of hydrogen-bond donors (Lipinski definition) is 0. The van der Waals surface area contributed by atoms with Crippen LogP contribution < -0.4 is 0 Å². The van der Waals surface area contributed by atoms with E-state index in [2.05, 4.69) is 179 Å². The fourth-order valence-electron chi connectivity index (χ4n) is 7.63. The molecule has 0 amide bonds. The van der Waals surface area contributed by atoms with Crippen molar-refractivity contribution in [3.05, 3.63) is 158 Å². The summed E-state index contributed by atoms with van der Waals surface area (Å²) in [4.78, 5) is 25.6. The number of unbranched alkanes of at least 4 members (excludes halogenated alkanes) is 16. The van der Waals surface area contributed by atoms with Gasteiger partial charge in [-0.05, 0) is 148 Å². The molecular formula is C69H110O5. The van der Waals surface area contributed by atoms with Gasteiger partial charge in [-0.3, -0.25) is 9.59 Å². The van der Waals surface area contributed by atoms with Gasteiger partial charge < -0.3 is 14.2 Å². The Labute approximate surface area is 456 Å². The van der Waals surface area contributed by atoms with Gasteiger partial charge >= 0.3 is 11.9 Å². The molecule has 0 fully saturated rings. The number of hydrogen-bond acceptors (Lipinski definition) is 5. The second-order valence-corrected chi connectivity index (χ2v) is 19.1. The average Bonchev–Trinajstić information content (AvgIpc) is 3.40.